The number of nitrogens with one attached hydrogen (secondary N) is 1. The van der Waals surface area contributed by atoms with Crippen LogP contribution in [0.15, 0.2) is 41.3 Å². The molecule has 3 rings (SSSR count). The number of aliphatic hydroxyl groups is 2. The van der Waals surface area contributed by atoms with E-state index in [0.717, 1.165) is 17.7 Å². The molecule has 11 nitrogen and oxygen atoms in total. The Morgan fingerprint density at radius 1 is 1.43 bits per heavy atom. The van der Waals surface area contributed by atoms with Gasteiger partial charge in [0.1, 0.15) is 23.6 Å². The van der Waals surface area contributed by atoms with Crippen molar-refractivity contribution in [3.8, 4) is 5.75 Å². The van der Waals surface area contributed by atoms with Crippen LogP contribution in [0.1, 0.15) is 22.8 Å². The second-order valence-electron chi connectivity index (χ2n) is 8.07. The standard InChI is InChI=1S/C21H26ClN2O9PS/c1-12(18(27)30-3)11-34(29,33-14-6-4-13(22)5-7-14)31-10-15-17(26)21(2,28)19(32-15)24-9-8-16(25)23-20(24)35/h4-9,12,15,17,19,26,28H,10-11H2,1-3H3,(H,23,25,35)/t12-,15-,17+,19-,21?,34+/m1/s1/i10D2. The maximum Gasteiger partial charge on any atom is 0.380 e. The highest BCUT2D eigenvalue weighted by atomic mass is 35.5. The van der Waals surface area contributed by atoms with E-state index in [2.05, 4.69) is 9.72 Å². The van der Waals surface area contributed by atoms with Crippen LogP contribution in [0.2, 0.25) is 5.02 Å². The minimum Gasteiger partial charge on any atom is -0.469 e. The van der Waals surface area contributed by atoms with Crippen LogP contribution in [0.4, 0.5) is 0 Å². The number of aromatic nitrogens is 2. The van der Waals surface area contributed by atoms with Crippen molar-refractivity contribution in [3.63, 3.8) is 0 Å². The Labute approximate surface area is 213 Å². The third-order valence-electron chi connectivity index (χ3n) is 5.23. The number of H-pyrrole nitrogens is 1. The Balaban J connectivity index is 1.94. The normalized spacial score (nSPS) is 27.9. The number of hydrogen-bond donors (Lipinski definition) is 3. The van der Waals surface area contributed by atoms with Gasteiger partial charge in [0.05, 0.1) is 28.5 Å². The molecule has 1 aromatic carbocycles. The highest BCUT2D eigenvalue weighted by Gasteiger charge is 2.53. The molecule has 0 spiro atoms. The zero-order valence-electron chi connectivity index (χ0n) is 20.9. The molecule has 0 aliphatic carbocycles. The summed E-state index contributed by atoms with van der Waals surface area (Å²) in [4.78, 5) is 25.9. The summed E-state index contributed by atoms with van der Waals surface area (Å²) in [7, 11) is -3.36. The summed E-state index contributed by atoms with van der Waals surface area (Å²) in [5.74, 6) is -1.75. The Bertz CT molecular complexity index is 1300. The molecule has 1 saturated heterocycles. The lowest BCUT2D eigenvalue weighted by molar-refractivity contribution is -0.144. The van der Waals surface area contributed by atoms with E-state index < -0.39 is 61.8 Å². The fourth-order valence-electron chi connectivity index (χ4n) is 3.35. The zero-order chi connectivity index (χ0) is 27.8. The Kier molecular flexibility index (Phi) is 7.68. The summed E-state index contributed by atoms with van der Waals surface area (Å²) in [5.41, 5.74) is -2.65. The zero-order valence-corrected chi connectivity index (χ0v) is 21.4. The number of ether oxygens (including phenoxy) is 2. The topological polar surface area (TPSA) is 149 Å². The fourth-order valence-corrected chi connectivity index (χ4v) is 5.44. The summed E-state index contributed by atoms with van der Waals surface area (Å²) in [6.07, 6.45) is -4.66. The summed E-state index contributed by atoms with van der Waals surface area (Å²) >= 11 is 11.0. The molecule has 1 aliphatic rings. The predicted molar refractivity (Wildman–Crippen MR) is 128 cm³/mol. The van der Waals surface area contributed by atoms with Crippen LogP contribution < -0.4 is 10.1 Å². The number of hydrogen-bond acceptors (Lipinski definition) is 10. The van der Waals surface area contributed by atoms with Crippen molar-refractivity contribution >= 4 is 37.4 Å². The lowest BCUT2D eigenvalue weighted by Gasteiger charge is -2.28. The molecule has 192 valence electrons. The van der Waals surface area contributed by atoms with Crippen LogP contribution in [-0.4, -0.2) is 63.4 Å². The minimum atomic E-state index is -4.50. The van der Waals surface area contributed by atoms with Crippen molar-refractivity contribution < 1.29 is 40.8 Å². The molecule has 6 atom stereocenters. The van der Waals surface area contributed by atoms with Gasteiger partial charge in [0.15, 0.2) is 11.0 Å². The van der Waals surface area contributed by atoms with Crippen molar-refractivity contribution in [1.82, 2.24) is 9.55 Å². The predicted octanol–water partition coefficient (Wildman–Crippen LogP) is 2.67. The van der Waals surface area contributed by atoms with Gasteiger partial charge in [-0.15, -0.1) is 0 Å². The first-order valence-corrected chi connectivity index (χ1v) is 12.8. The number of carbonyl (C=O) groups is 1. The lowest BCUT2D eigenvalue weighted by Crippen LogP contribution is -2.44. The van der Waals surface area contributed by atoms with Crippen molar-refractivity contribution in [3.05, 3.63) is 56.7 Å². The van der Waals surface area contributed by atoms with Crippen LogP contribution in [0, 0.1) is 10.7 Å². The highest BCUT2D eigenvalue weighted by molar-refractivity contribution is 7.71. The number of carbonyl (C=O) groups excluding carboxylic acids is 1. The average Bonchev–Trinajstić information content (AvgIpc) is 3.04. The van der Waals surface area contributed by atoms with Gasteiger partial charge >= 0.3 is 13.6 Å². The molecule has 1 fully saturated rings. The molecule has 0 bridgehead atoms. The smallest absolute Gasteiger partial charge is 0.380 e. The highest BCUT2D eigenvalue weighted by Crippen LogP contribution is 2.51. The molecular weight excluding hydrogens is 523 g/mol. The van der Waals surface area contributed by atoms with Gasteiger partial charge in [0, 0.05) is 17.3 Å². The van der Waals surface area contributed by atoms with E-state index in [1.54, 1.807) is 0 Å². The van der Waals surface area contributed by atoms with E-state index in [1.165, 1.54) is 44.3 Å². The first-order chi connectivity index (χ1) is 17.1. The molecule has 1 aliphatic heterocycles. The SMILES string of the molecule is [2H]C([2H])(O[P@@](=O)(C[C@@H](C)C(=O)OC)Oc1ccc(Cl)cc1)[C@H]1O[C@@H](n2ccc(=O)[nH]c2=S)C(C)(O)[C@H]1O. The van der Waals surface area contributed by atoms with Gasteiger partial charge in [-0.2, -0.15) is 0 Å². The molecule has 0 saturated carbocycles. The number of halogens is 1. The largest absolute Gasteiger partial charge is 0.469 e. The fraction of sp³-hybridized carbons (Fsp3) is 0.476. The monoisotopic (exact) mass is 550 g/mol. The Morgan fingerprint density at radius 2 is 2.09 bits per heavy atom. The van der Waals surface area contributed by atoms with Crippen LogP contribution >= 0.6 is 31.4 Å². The van der Waals surface area contributed by atoms with Crippen molar-refractivity contribution in [2.45, 2.75) is 37.9 Å². The van der Waals surface area contributed by atoms with Crippen molar-refractivity contribution in [2.75, 3.05) is 19.8 Å². The van der Waals surface area contributed by atoms with Crippen LogP contribution in [0.3, 0.4) is 0 Å². The number of methoxy groups -OCH3 is 1. The molecule has 2 aromatic rings. The summed E-state index contributed by atoms with van der Waals surface area (Å²) in [6.45, 7) is -0.461. The molecule has 1 aromatic heterocycles. The minimum absolute atomic E-state index is 0.0119. The van der Waals surface area contributed by atoms with Gasteiger partial charge in [-0.1, -0.05) is 18.5 Å². The third kappa shape index (κ3) is 6.39. The van der Waals surface area contributed by atoms with Crippen molar-refractivity contribution in [1.29, 1.82) is 0 Å². The third-order valence-corrected chi connectivity index (χ3v) is 7.66. The maximum atomic E-state index is 13.8. The Hall–Kier alpha value is -2.05. The molecular formula is C21H26ClN2O9PS. The molecule has 0 radical (unpaired) electrons. The summed E-state index contributed by atoms with van der Waals surface area (Å²) < 4.78 is 52.9. The lowest BCUT2D eigenvalue weighted by atomic mass is 9.96. The summed E-state index contributed by atoms with van der Waals surface area (Å²) in [5, 5.41) is 22.2. The number of benzene rings is 1. The van der Waals surface area contributed by atoms with Crippen molar-refractivity contribution in [2.24, 2.45) is 5.92 Å². The van der Waals surface area contributed by atoms with E-state index in [4.69, 9.17) is 40.3 Å². The first kappa shape index (κ1) is 24.6. The molecule has 14 heteroatoms. The number of aliphatic hydroxyl groups excluding tert-OH is 1. The van der Waals surface area contributed by atoms with Gasteiger partial charge < -0.3 is 24.2 Å². The second kappa shape index (κ2) is 10.9. The van der Waals surface area contributed by atoms with Crippen LogP contribution in [0.5, 0.6) is 5.75 Å². The van der Waals surface area contributed by atoms with Crippen LogP contribution in [0.25, 0.3) is 0 Å². The van der Waals surface area contributed by atoms with E-state index >= 15 is 0 Å². The summed E-state index contributed by atoms with van der Waals surface area (Å²) in [6, 6.07) is 6.73. The van der Waals surface area contributed by atoms with Gasteiger partial charge in [0.25, 0.3) is 5.56 Å². The number of esters is 1. The maximum absolute atomic E-state index is 13.8. The molecule has 3 N–H and O–H groups in total. The van der Waals surface area contributed by atoms with Crippen LogP contribution in [-0.2, 0) is 23.4 Å². The van der Waals surface area contributed by atoms with E-state index in [0.29, 0.717) is 5.02 Å². The Morgan fingerprint density at radius 3 is 2.69 bits per heavy atom. The van der Waals surface area contributed by atoms with E-state index in [9.17, 15) is 24.4 Å². The average molecular weight is 551 g/mol. The molecule has 2 heterocycles. The first-order valence-electron chi connectivity index (χ1n) is 11.3. The quantitative estimate of drug-likeness (QED) is 0.241. The van der Waals surface area contributed by atoms with Gasteiger partial charge in [0.2, 0.25) is 0 Å². The number of aromatic amines is 1. The van der Waals surface area contributed by atoms with Gasteiger partial charge in [-0.25, -0.2) is 4.57 Å². The van der Waals surface area contributed by atoms with Gasteiger partial charge in [-0.3, -0.25) is 23.7 Å². The van der Waals surface area contributed by atoms with E-state index in [1.807, 2.05) is 0 Å². The molecule has 35 heavy (non-hydrogen) atoms. The number of nitrogens with zero attached hydrogens (tertiary/aromatic N) is 1. The molecule has 1 unspecified atom stereocenters. The second-order valence-corrected chi connectivity index (χ2v) is 10.8. The van der Waals surface area contributed by atoms with Gasteiger partial charge in [-0.05, 0) is 43.4 Å². The molecule has 0 amide bonds. The van der Waals surface area contributed by atoms with E-state index in [-0.39, 0.29) is 10.5 Å². The number of rotatable bonds is 9.